The van der Waals surface area contributed by atoms with Crippen LogP contribution in [0.25, 0.3) is 0 Å². The predicted octanol–water partition coefficient (Wildman–Crippen LogP) is 0.820. The summed E-state index contributed by atoms with van der Waals surface area (Å²) in [7, 11) is 0. The highest BCUT2D eigenvalue weighted by atomic mass is 32.2. The van der Waals surface area contributed by atoms with Crippen molar-refractivity contribution >= 4 is 11.1 Å². The molecule has 0 radical (unpaired) electrons. The number of rotatable bonds is 4. The van der Waals surface area contributed by atoms with E-state index >= 15 is 0 Å². The second-order valence-electron chi connectivity index (χ2n) is 4.47. The molecule has 90 valence electrons. The molecule has 0 spiro atoms. The molecular weight excluding hydrogens is 216 g/mol. The van der Waals surface area contributed by atoms with Crippen LogP contribution in [0.1, 0.15) is 33.6 Å². The molecular formula is C10H19O4S-. The van der Waals surface area contributed by atoms with Crippen molar-refractivity contribution in [2.75, 3.05) is 6.61 Å². The topological polar surface area (TPSA) is 69.6 Å². The molecule has 1 saturated heterocycles. The first kappa shape index (κ1) is 13.1. The Morgan fingerprint density at radius 2 is 2.33 bits per heavy atom. The van der Waals surface area contributed by atoms with Crippen LogP contribution in [0, 0.1) is 5.92 Å². The maximum absolute atomic E-state index is 10.9. The summed E-state index contributed by atoms with van der Waals surface area (Å²) in [5.74, 6) is -0.0184. The Morgan fingerprint density at radius 3 is 2.67 bits per heavy atom. The highest BCUT2D eigenvalue weighted by Crippen LogP contribution is 2.36. The van der Waals surface area contributed by atoms with Crippen molar-refractivity contribution in [3.8, 4) is 0 Å². The lowest BCUT2D eigenvalue weighted by Gasteiger charge is -2.33. The van der Waals surface area contributed by atoms with Crippen molar-refractivity contribution in [2.24, 2.45) is 5.92 Å². The van der Waals surface area contributed by atoms with E-state index in [1.54, 1.807) is 0 Å². The SMILES string of the molecule is CCC(CC1(C)OCC(O)C1C)S(=O)[O-]. The van der Waals surface area contributed by atoms with Crippen LogP contribution in [0.4, 0.5) is 0 Å². The molecule has 5 unspecified atom stereocenters. The van der Waals surface area contributed by atoms with E-state index in [1.807, 2.05) is 20.8 Å². The fraction of sp³-hybridized carbons (Fsp3) is 1.00. The number of aliphatic hydroxyl groups is 1. The maximum atomic E-state index is 10.9. The molecule has 0 bridgehead atoms. The Labute approximate surface area is 93.3 Å². The van der Waals surface area contributed by atoms with E-state index in [9.17, 15) is 13.9 Å². The first-order valence-electron chi connectivity index (χ1n) is 5.30. The van der Waals surface area contributed by atoms with Gasteiger partial charge in [-0.15, -0.1) is 0 Å². The summed E-state index contributed by atoms with van der Waals surface area (Å²) in [6.45, 7) is 5.93. The number of hydrogen-bond acceptors (Lipinski definition) is 4. The molecule has 0 saturated carbocycles. The largest absolute Gasteiger partial charge is 0.772 e. The monoisotopic (exact) mass is 235 g/mol. The summed E-state index contributed by atoms with van der Waals surface area (Å²) in [5, 5.41) is 9.19. The third-order valence-corrected chi connectivity index (χ3v) is 4.53. The number of ether oxygens (including phenoxy) is 1. The second-order valence-corrected chi connectivity index (χ2v) is 5.66. The van der Waals surface area contributed by atoms with Crippen LogP contribution in [0.5, 0.6) is 0 Å². The smallest absolute Gasteiger partial charge is 0.0826 e. The van der Waals surface area contributed by atoms with Crippen LogP contribution in [0.15, 0.2) is 0 Å². The fourth-order valence-corrected chi connectivity index (χ4v) is 2.74. The molecule has 0 aromatic rings. The highest BCUT2D eigenvalue weighted by Gasteiger charge is 2.44. The van der Waals surface area contributed by atoms with E-state index in [-0.39, 0.29) is 11.2 Å². The van der Waals surface area contributed by atoms with Gasteiger partial charge in [-0.3, -0.25) is 4.21 Å². The summed E-state index contributed by atoms with van der Waals surface area (Å²) in [6.07, 6.45) is 0.558. The van der Waals surface area contributed by atoms with E-state index in [4.69, 9.17) is 4.74 Å². The molecule has 5 atom stereocenters. The van der Waals surface area contributed by atoms with E-state index in [0.717, 1.165) is 0 Å². The molecule has 0 aromatic carbocycles. The third kappa shape index (κ3) is 2.78. The van der Waals surface area contributed by atoms with Gasteiger partial charge in [0.05, 0.1) is 18.3 Å². The summed E-state index contributed by atoms with van der Waals surface area (Å²) in [4.78, 5) is 0. The van der Waals surface area contributed by atoms with Gasteiger partial charge in [-0.05, 0) is 19.8 Å². The summed E-state index contributed by atoms with van der Waals surface area (Å²) in [5.41, 5.74) is -0.514. The third-order valence-electron chi connectivity index (χ3n) is 3.48. The van der Waals surface area contributed by atoms with Crippen LogP contribution in [0.3, 0.4) is 0 Å². The lowest BCUT2D eigenvalue weighted by Crippen LogP contribution is -2.38. The zero-order valence-electron chi connectivity index (χ0n) is 9.43. The number of hydrogen-bond donors (Lipinski definition) is 1. The molecule has 1 fully saturated rings. The van der Waals surface area contributed by atoms with Crippen LogP contribution in [-0.2, 0) is 15.8 Å². The van der Waals surface area contributed by atoms with Crippen molar-refractivity contribution in [1.29, 1.82) is 0 Å². The van der Waals surface area contributed by atoms with Gasteiger partial charge in [-0.25, -0.2) is 0 Å². The molecule has 1 rings (SSSR count). The Bertz CT molecular complexity index is 246. The van der Waals surface area contributed by atoms with E-state index in [2.05, 4.69) is 0 Å². The van der Waals surface area contributed by atoms with Crippen molar-refractivity contribution in [1.82, 2.24) is 0 Å². The van der Waals surface area contributed by atoms with Gasteiger partial charge in [0.1, 0.15) is 0 Å². The maximum Gasteiger partial charge on any atom is 0.0826 e. The van der Waals surface area contributed by atoms with Crippen LogP contribution >= 0.6 is 0 Å². The van der Waals surface area contributed by atoms with Crippen molar-refractivity contribution in [3.63, 3.8) is 0 Å². The molecule has 0 amide bonds. The summed E-state index contributed by atoms with van der Waals surface area (Å²) < 4.78 is 27.4. The van der Waals surface area contributed by atoms with Crippen LogP contribution in [-0.4, -0.2) is 37.4 Å². The lowest BCUT2D eigenvalue weighted by molar-refractivity contribution is -0.00940. The van der Waals surface area contributed by atoms with Gasteiger partial charge in [-0.2, -0.15) is 0 Å². The van der Waals surface area contributed by atoms with E-state index in [1.165, 1.54) is 0 Å². The predicted molar refractivity (Wildman–Crippen MR) is 57.1 cm³/mol. The lowest BCUT2D eigenvalue weighted by atomic mass is 9.85. The van der Waals surface area contributed by atoms with E-state index < -0.39 is 22.8 Å². The van der Waals surface area contributed by atoms with Crippen molar-refractivity contribution in [2.45, 2.75) is 50.6 Å². The van der Waals surface area contributed by atoms with Crippen molar-refractivity contribution in [3.05, 3.63) is 0 Å². The molecule has 15 heavy (non-hydrogen) atoms. The quantitative estimate of drug-likeness (QED) is 0.732. The first-order chi connectivity index (χ1) is 6.90. The van der Waals surface area contributed by atoms with Gasteiger partial charge in [0.15, 0.2) is 0 Å². The standard InChI is InChI=1S/C10H20O4S/c1-4-8(15(12)13)5-10(3)7(2)9(11)6-14-10/h7-9,11H,4-6H2,1-3H3,(H,12,13)/p-1. The minimum Gasteiger partial charge on any atom is -0.772 e. The Hall–Kier alpha value is 0.0300. The highest BCUT2D eigenvalue weighted by molar-refractivity contribution is 7.79. The Balaban J connectivity index is 2.67. The Morgan fingerprint density at radius 1 is 1.73 bits per heavy atom. The minimum absolute atomic E-state index is 0.0184. The van der Waals surface area contributed by atoms with Crippen LogP contribution in [0.2, 0.25) is 0 Å². The number of aliphatic hydroxyl groups excluding tert-OH is 1. The van der Waals surface area contributed by atoms with Gasteiger partial charge < -0.3 is 14.4 Å². The zero-order chi connectivity index (χ0) is 11.6. The van der Waals surface area contributed by atoms with Gasteiger partial charge in [0.25, 0.3) is 0 Å². The molecule has 4 nitrogen and oxygen atoms in total. The van der Waals surface area contributed by atoms with Gasteiger partial charge in [-0.1, -0.05) is 24.9 Å². The fourth-order valence-electron chi connectivity index (χ4n) is 2.00. The average molecular weight is 235 g/mol. The molecule has 1 aliphatic rings. The molecule has 0 aromatic heterocycles. The minimum atomic E-state index is -2.06. The van der Waals surface area contributed by atoms with Gasteiger partial charge in [0.2, 0.25) is 0 Å². The second kappa shape index (κ2) is 4.91. The van der Waals surface area contributed by atoms with Gasteiger partial charge >= 0.3 is 0 Å². The normalized spacial score (nSPS) is 40.3. The summed E-state index contributed by atoms with van der Waals surface area (Å²) >= 11 is -2.06. The molecule has 0 aliphatic carbocycles. The average Bonchev–Trinajstić information content (AvgIpc) is 2.43. The van der Waals surface area contributed by atoms with Crippen LogP contribution < -0.4 is 0 Å². The molecule has 1 heterocycles. The summed E-state index contributed by atoms with van der Waals surface area (Å²) in [6, 6.07) is 0. The molecule has 1 aliphatic heterocycles. The van der Waals surface area contributed by atoms with E-state index in [0.29, 0.717) is 19.4 Å². The zero-order valence-corrected chi connectivity index (χ0v) is 10.3. The molecule has 5 heteroatoms. The van der Waals surface area contributed by atoms with Crippen molar-refractivity contribution < 1.29 is 18.6 Å². The Kier molecular flexibility index (Phi) is 4.29. The molecule has 1 N–H and O–H groups in total. The van der Waals surface area contributed by atoms with Gasteiger partial charge in [0, 0.05) is 11.2 Å². The first-order valence-corrected chi connectivity index (χ1v) is 6.44.